The number of hydrogen-bond donors (Lipinski definition) is 1. The second-order valence-electron chi connectivity index (χ2n) is 5.81. The molecule has 110 valence electrons. The number of anilines is 1. The first-order chi connectivity index (χ1) is 9.76. The molecule has 3 nitrogen and oxygen atoms in total. The Morgan fingerprint density at radius 1 is 1.30 bits per heavy atom. The van der Waals surface area contributed by atoms with E-state index >= 15 is 0 Å². The van der Waals surface area contributed by atoms with Gasteiger partial charge in [0.1, 0.15) is 5.82 Å². The molecule has 0 amide bonds. The van der Waals surface area contributed by atoms with Gasteiger partial charge in [-0.2, -0.15) is 0 Å². The van der Waals surface area contributed by atoms with Crippen LogP contribution in [-0.4, -0.2) is 31.8 Å². The van der Waals surface area contributed by atoms with Crippen LogP contribution in [0.25, 0.3) is 0 Å². The summed E-state index contributed by atoms with van der Waals surface area (Å²) in [5, 5.41) is 3.37. The fourth-order valence-corrected chi connectivity index (χ4v) is 3.22. The van der Waals surface area contributed by atoms with Crippen LogP contribution >= 0.6 is 0 Å². The second-order valence-corrected chi connectivity index (χ2v) is 5.81. The Bertz CT molecular complexity index is 454. The zero-order valence-electron chi connectivity index (χ0n) is 12.1. The van der Waals surface area contributed by atoms with Crippen LogP contribution in [0.15, 0.2) is 18.2 Å². The third-order valence-electron chi connectivity index (χ3n) is 4.17. The van der Waals surface area contributed by atoms with Crippen LogP contribution in [0.4, 0.5) is 10.1 Å². The quantitative estimate of drug-likeness (QED) is 0.838. The lowest BCUT2D eigenvalue weighted by Gasteiger charge is -2.35. The lowest BCUT2D eigenvalue weighted by Crippen LogP contribution is -2.43. The zero-order chi connectivity index (χ0) is 13.9. The van der Waals surface area contributed by atoms with E-state index in [0.29, 0.717) is 12.2 Å². The molecule has 0 aromatic heterocycles. The second kappa shape index (κ2) is 6.10. The Morgan fingerprint density at radius 2 is 2.05 bits per heavy atom. The average molecular weight is 278 g/mol. The third-order valence-corrected chi connectivity index (χ3v) is 4.17. The molecule has 2 aliphatic rings. The number of nitrogens with zero attached hydrogens (tertiary/aromatic N) is 1. The molecule has 3 rings (SSSR count). The predicted octanol–water partition coefficient (Wildman–Crippen LogP) is 2.69. The number of halogens is 1. The van der Waals surface area contributed by atoms with Crippen LogP contribution in [0.2, 0.25) is 0 Å². The molecule has 2 fully saturated rings. The highest BCUT2D eigenvalue weighted by Crippen LogP contribution is 2.31. The number of nitrogens with one attached hydrogen (secondary N) is 1. The minimum absolute atomic E-state index is 0.154. The molecule has 1 aromatic rings. The Labute approximate surface area is 120 Å². The van der Waals surface area contributed by atoms with E-state index in [9.17, 15) is 4.39 Å². The SMILES string of the molecule is CCCNCc1cc(F)ccc1N1CC2CCC(C1)O2. The first-order valence-electron chi connectivity index (χ1n) is 7.66. The molecule has 2 atom stereocenters. The molecule has 2 bridgehead atoms. The highest BCUT2D eigenvalue weighted by atomic mass is 19.1. The molecule has 1 N–H and O–H groups in total. The van der Waals surface area contributed by atoms with Crippen molar-refractivity contribution in [1.82, 2.24) is 5.32 Å². The van der Waals surface area contributed by atoms with Gasteiger partial charge in [-0.1, -0.05) is 6.92 Å². The summed E-state index contributed by atoms with van der Waals surface area (Å²) in [6.45, 7) is 5.70. The van der Waals surface area contributed by atoms with Gasteiger partial charge in [0.2, 0.25) is 0 Å². The summed E-state index contributed by atoms with van der Waals surface area (Å²) in [7, 11) is 0. The Kier molecular flexibility index (Phi) is 4.22. The van der Waals surface area contributed by atoms with E-state index < -0.39 is 0 Å². The lowest BCUT2D eigenvalue weighted by atomic mass is 10.1. The van der Waals surface area contributed by atoms with Gasteiger partial charge < -0.3 is 15.0 Å². The number of morpholine rings is 1. The zero-order valence-corrected chi connectivity index (χ0v) is 12.1. The van der Waals surface area contributed by atoms with Gasteiger partial charge in [0.05, 0.1) is 12.2 Å². The van der Waals surface area contributed by atoms with Gasteiger partial charge in [-0.05, 0) is 49.6 Å². The summed E-state index contributed by atoms with van der Waals surface area (Å²) < 4.78 is 19.4. The standard InChI is InChI=1S/C16H23FN2O/c1-2-7-18-9-12-8-13(17)3-6-16(12)19-10-14-4-5-15(11-19)20-14/h3,6,8,14-15,18H,2,4-5,7,9-11H2,1H3. The number of ether oxygens (including phenoxy) is 1. The van der Waals surface area contributed by atoms with Crippen molar-refractivity contribution >= 4 is 5.69 Å². The van der Waals surface area contributed by atoms with Crippen molar-refractivity contribution in [3.63, 3.8) is 0 Å². The summed E-state index contributed by atoms with van der Waals surface area (Å²) in [6, 6.07) is 5.15. The number of hydrogen-bond acceptors (Lipinski definition) is 3. The summed E-state index contributed by atoms with van der Waals surface area (Å²) in [6.07, 6.45) is 4.12. The monoisotopic (exact) mass is 278 g/mol. The van der Waals surface area contributed by atoms with Gasteiger partial charge in [0.25, 0.3) is 0 Å². The summed E-state index contributed by atoms with van der Waals surface area (Å²) >= 11 is 0. The molecule has 0 aliphatic carbocycles. The van der Waals surface area contributed by atoms with Gasteiger partial charge in [0.15, 0.2) is 0 Å². The molecule has 2 aliphatic heterocycles. The van der Waals surface area contributed by atoms with Crippen LogP contribution in [0.5, 0.6) is 0 Å². The van der Waals surface area contributed by atoms with E-state index in [1.54, 1.807) is 12.1 Å². The maximum Gasteiger partial charge on any atom is 0.123 e. The summed E-state index contributed by atoms with van der Waals surface area (Å²) in [5.74, 6) is -0.154. The van der Waals surface area contributed by atoms with E-state index in [2.05, 4.69) is 17.1 Å². The molecule has 2 heterocycles. The van der Waals surface area contributed by atoms with Gasteiger partial charge in [-0.15, -0.1) is 0 Å². The van der Waals surface area contributed by atoms with E-state index in [-0.39, 0.29) is 5.82 Å². The fourth-order valence-electron chi connectivity index (χ4n) is 3.22. The van der Waals surface area contributed by atoms with E-state index in [4.69, 9.17) is 4.74 Å². The van der Waals surface area contributed by atoms with Crippen LogP contribution in [0, 0.1) is 5.82 Å². The molecule has 0 spiro atoms. The lowest BCUT2D eigenvalue weighted by molar-refractivity contribution is 0.0304. The molecular formula is C16H23FN2O. The van der Waals surface area contributed by atoms with E-state index in [1.807, 2.05) is 6.07 Å². The van der Waals surface area contributed by atoms with Gasteiger partial charge in [0, 0.05) is 25.3 Å². The van der Waals surface area contributed by atoms with Crippen molar-refractivity contribution in [3.8, 4) is 0 Å². The predicted molar refractivity (Wildman–Crippen MR) is 78.5 cm³/mol. The minimum Gasteiger partial charge on any atom is -0.371 e. The highest BCUT2D eigenvalue weighted by Gasteiger charge is 2.34. The van der Waals surface area contributed by atoms with Crippen molar-refractivity contribution in [1.29, 1.82) is 0 Å². The first kappa shape index (κ1) is 13.8. The average Bonchev–Trinajstić information content (AvgIpc) is 2.78. The first-order valence-corrected chi connectivity index (χ1v) is 7.66. The number of benzene rings is 1. The van der Waals surface area contributed by atoms with E-state index in [1.165, 1.54) is 0 Å². The van der Waals surface area contributed by atoms with Crippen molar-refractivity contribution in [3.05, 3.63) is 29.6 Å². The number of fused-ring (bicyclic) bond motifs is 2. The van der Waals surface area contributed by atoms with Gasteiger partial charge >= 0.3 is 0 Å². The van der Waals surface area contributed by atoms with Crippen molar-refractivity contribution in [2.75, 3.05) is 24.5 Å². The van der Waals surface area contributed by atoms with Gasteiger partial charge in [-0.25, -0.2) is 4.39 Å². The van der Waals surface area contributed by atoms with E-state index in [0.717, 1.165) is 56.7 Å². The molecule has 1 aromatic carbocycles. The Balaban J connectivity index is 1.77. The third kappa shape index (κ3) is 2.96. The molecule has 2 unspecified atom stereocenters. The molecule has 4 heteroatoms. The van der Waals surface area contributed by atoms with Crippen LogP contribution in [0.1, 0.15) is 31.7 Å². The topological polar surface area (TPSA) is 24.5 Å². The summed E-state index contributed by atoms with van der Waals surface area (Å²) in [4.78, 5) is 2.37. The molecular weight excluding hydrogens is 255 g/mol. The van der Waals surface area contributed by atoms with Crippen molar-refractivity contribution < 1.29 is 9.13 Å². The minimum atomic E-state index is -0.154. The van der Waals surface area contributed by atoms with Crippen molar-refractivity contribution in [2.45, 2.75) is 44.9 Å². The van der Waals surface area contributed by atoms with Gasteiger partial charge in [-0.3, -0.25) is 0 Å². The van der Waals surface area contributed by atoms with Crippen LogP contribution in [-0.2, 0) is 11.3 Å². The highest BCUT2D eigenvalue weighted by molar-refractivity contribution is 5.54. The van der Waals surface area contributed by atoms with Crippen molar-refractivity contribution in [2.24, 2.45) is 0 Å². The number of rotatable bonds is 5. The maximum absolute atomic E-state index is 13.5. The molecule has 0 radical (unpaired) electrons. The maximum atomic E-state index is 13.5. The Hall–Kier alpha value is -1.13. The fraction of sp³-hybridized carbons (Fsp3) is 0.625. The normalized spacial score (nSPS) is 25.2. The van der Waals surface area contributed by atoms with Crippen LogP contribution < -0.4 is 10.2 Å². The largest absolute Gasteiger partial charge is 0.371 e. The molecule has 2 saturated heterocycles. The smallest absolute Gasteiger partial charge is 0.123 e. The Morgan fingerprint density at radius 3 is 2.75 bits per heavy atom. The summed E-state index contributed by atoms with van der Waals surface area (Å²) in [5.41, 5.74) is 2.22. The molecule has 20 heavy (non-hydrogen) atoms. The van der Waals surface area contributed by atoms with Crippen LogP contribution in [0.3, 0.4) is 0 Å². The molecule has 0 saturated carbocycles.